The zero-order valence-corrected chi connectivity index (χ0v) is 11.4. The summed E-state index contributed by atoms with van der Waals surface area (Å²) in [6.45, 7) is 0. The summed E-state index contributed by atoms with van der Waals surface area (Å²) in [7, 11) is 0. The molecule has 4 rings (SSSR count). The normalized spacial score (nSPS) is 38.0. The molecule has 3 nitrogen and oxygen atoms in total. The zero-order chi connectivity index (χ0) is 13.7. The number of aromatic nitrogens is 1. The second kappa shape index (κ2) is 4.54. The number of nitrogens with one attached hydrogen (secondary N) is 1. The van der Waals surface area contributed by atoms with Gasteiger partial charge in [0.2, 0.25) is 5.95 Å². The molecule has 0 aliphatic heterocycles. The molecule has 3 fully saturated rings. The lowest BCUT2D eigenvalue weighted by Crippen LogP contribution is -2.42. The summed E-state index contributed by atoms with van der Waals surface area (Å²) >= 11 is 0. The molecular weight excluding hydrogens is 255 g/mol. The van der Waals surface area contributed by atoms with Gasteiger partial charge in [-0.25, -0.2) is 4.98 Å². The molecule has 1 aromatic rings. The number of fused-ring (bicyclic) bond motifs is 5. The molecule has 5 atom stereocenters. The van der Waals surface area contributed by atoms with Crippen molar-refractivity contribution in [1.29, 1.82) is 0 Å². The quantitative estimate of drug-likeness (QED) is 0.843. The predicted octanol–water partition coefficient (Wildman–Crippen LogP) is 2.78. The average Bonchev–Trinajstić information content (AvgIpc) is 3.10. The van der Waals surface area contributed by atoms with Gasteiger partial charge in [-0.2, -0.15) is 4.39 Å². The van der Waals surface area contributed by atoms with E-state index in [1.807, 2.05) is 0 Å². The molecule has 1 amide bonds. The predicted molar refractivity (Wildman–Crippen MR) is 72.5 cm³/mol. The van der Waals surface area contributed by atoms with Gasteiger partial charge in [0.15, 0.2) is 0 Å². The molecule has 0 radical (unpaired) electrons. The molecule has 0 spiro atoms. The number of hydrogen-bond acceptors (Lipinski definition) is 2. The Labute approximate surface area is 118 Å². The summed E-state index contributed by atoms with van der Waals surface area (Å²) in [5, 5.41) is 3.13. The largest absolute Gasteiger partial charge is 0.349 e. The van der Waals surface area contributed by atoms with E-state index in [0.717, 1.165) is 24.2 Å². The van der Waals surface area contributed by atoms with Crippen molar-refractivity contribution in [2.24, 2.45) is 23.7 Å². The minimum absolute atomic E-state index is 0.154. The molecule has 4 heteroatoms. The summed E-state index contributed by atoms with van der Waals surface area (Å²) in [4.78, 5) is 15.7. The number of rotatable bonds is 2. The van der Waals surface area contributed by atoms with E-state index in [9.17, 15) is 9.18 Å². The second-order valence-electron chi connectivity index (χ2n) is 6.60. The first-order chi connectivity index (χ1) is 9.72. The number of pyridine rings is 1. The average molecular weight is 274 g/mol. The molecule has 3 aliphatic rings. The first-order valence-electron chi connectivity index (χ1n) is 7.65. The van der Waals surface area contributed by atoms with Gasteiger partial charge >= 0.3 is 0 Å². The van der Waals surface area contributed by atoms with Crippen LogP contribution in [0.4, 0.5) is 4.39 Å². The fraction of sp³-hybridized carbons (Fsp3) is 0.625. The van der Waals surface area contributed by atoms with E-state index in [0.29, 0.717) is 17.5 Å². The molecule has 1 aromatic heterocycles. The van der Waals surface area contributed by atoms with Gasteiger partial charge in [-0.15, -0.1) is 0 Å². The van der Waals surface area contributed by atoms with E-state index >= 15 is 0 Å². The first-order valence-corrected chi connectivity index (χ1v) is 7.65. The van der Waals surface area contributed by atoms with Crippen LogP contribution in [0.2, 0.25) is 0 Å². The molecule has 0 saturated heterocycles. The number of carbonyl (C=O) groups excluding carboxylic acids is 1. The fourth-order valence-electron chi connectivity index (χ4n) is 5.03. The highest BCUT2D eigenvalue weighted by molar-refractivity contribution is 5.94. The Kier molecular flexibility index (Phi) is 2.79. The number of carbonyl (C=O) groups is 1. The van der Waals surface area contributed by atoms with Crippen molar-refractivity contribution >= 4 is 5.91 Å². The highest BCUT2D eigenvalue weighted by Crippen LogP contribution is 2.58. The van der Waals surface area contributed by atoms with E-state index in [1.54, 1.807) is 6.07 Å². The van der Waals surface area contributed by atoms with Gasteiger partial charge in [0.1, 0.15) is 0 Å². The van der Waals surface area contributed by atoms with Crippen LogP contribution in [0.1, 0.15) is 42.5 Å². The van der Waals surface area contributed by atoms with Crippen LogP contribution in [0.25, 0.3) is 0 Å². The van der Waals surface area contributed by atoms with Crippen LogP contribution in [0, 0.1) is 29.6 Å². The third-order valence-electron chi connectivity index (χ3n) is 5.73. The lowest BCUT2D eigenvalue weighted by atomic mass is 9.79. The fourth-order valence-corrected chi connectivity index (χ4v) is 5.03. The number of amides is 1. The highest BCUT2D eigenvalue weighted by atomic mass is 19.1. The van der Waals surface area contributed by atoms with Gasteiger partial charge < -0.3 is 5.32 Å². The van der Waals surface area contributed by atoms with E-state index in [4.69, 9.17) is 0 Å². The Hall–Kier alpha value is -1.45. The maximum atomic E-state index is 13.1. The maximum Gasteiger partial charge on any atom is 0.251 e. The molecule has 20 heavy (non-hydrogen) atoms. The topological polar surface area (TPSA) is 42.0 Å². The molecule has 3 aliphatic carbocycles. The smallest absolute Gasteiger partial charge is 0.251 e. The molecule has 106 valence electrons. The molecule has 0 unspecified atom stereocenters. The van der Waals surface area contributed by atoms with E-state index in [-0.39, 0.29) is 5.91 Å². The van der Waals surface area contributed by atoms with Gasteiger partial charge in [0.25, 0.3) is 5.91 Å². The molecule has 2 bridgehead atoms. The Morgan fingerprint density at radius 3 is 2.95 bits per heavy atom. The third-order valence-corrected chi connectivity index (χ3v) is 5.73. The van der Waals surface area contributed by atoms with Gasteiger partial charge in [-0.05, 0) is 55.4 Å². The van der Waals surface area contributed by atoms with E-state index in [1.165, 1.54) is 37.9 Å². The zero-order valence-electron chi connectivity index (χ0n) is 11.4. The first kappa shape index (κ1) is 12.3. The Morgan fingerprint density at radius 2 is 2.10 bits per heavy atom. The molecule has 0 aromatic carbocycles. The van der Waals surface area contributed by atoms with Crippen molar-refractivity contribution in [1.82, 2.24) is 10.3 Å². The van der Waals surface area contributed by atoms with Crippen LogP contribution in [-0.4, -0.2) is 16.9 Å². The molecular formula is C16H19FN2O. The van der Waals surface area contributed by atoms with E-state index < -0.39 is 5.95 Å². The van der Waals surface area contributed by atoms with Crippen molar-refractivity contribution < 1.29 is 9.18 Å². The number of halogens is 1. The van der Waals surface area contributed by atoms with Crippen molar-refractivity contribution in [3.63, 3.8) is 0 Å². The number of nitrogens with zero attached hydrogens (tertiary/aromatic N) is 1. The molecule has 1 heterocycles. The van der Waals surface area contributed by atoms with Crippen LogP contribution < -0.4 is 5.32 Å². The minimum atomic E-state index is -0.596. The molecule has 3 saturated carbocycles. The Morgan fingerprint density at radius 1 is 1.25 bits per heavy atom. The minimum Gasteiger partial charge on any atom is -0.349 e. The standard InChI is InChI=1S/C16H19FN2O/c17-15-8-9(4-5-18-15)16(20)19-14-7-10-6-13(14)12-3-1-2-11(10)12/h4-5,8,10-14H,1-3,6-7H2,(H,19,20)/t10-,11+,12-,13+,14-/m0/s1. The van der Waals surface area contributed by atoms with Crippen LogP contribution in [0.3, 0.4) is 0 Å². The van der Waals surface area contributed by atoms with Crippen molar-refractivity contribution in [2.75, 3.05) is 0 Å². The van der Waals surface area contributed by atoms with Crippen molar-refractivity contribution in [3.05, 3.63) is 29.8 Å². The van der Waals surface area contributed by atoms with Gasteiger partial charge in [0.05, 0.1) is 0 Å². The third kappa shape index (κ3) is 1.85. The van der Waals surface area contributed by atoms with Gasteiger partial charge in [0, 0.05) is 23.9 Å². The SMILES string of the molecule is O=C(N[C@H]1C[C@@H]2C[C@@H]1[C@H]1CCC[C@H]21)c1ccnc(F)c1. The monoisotopic (exact) mass is 274 g/mol. The van der Waals surface area contributed by atoms with Crippen molar-refractivity contribution in [3.8, 4) is 0 Å². The van der Waals surface area contributed by atoms with E-state index in [2.05, 4.69) is 10.3 Å². The highest BCUT2D eigenvalue weighted by Gasteiger charge is 2.54. The van der Waals surface area contributed by atoms with Crippen LogP contribution in [0.15, 0.2) is 18.3 Å². The lowest BCUT2D eigenvalue weighted by molar-refractivity contribution is 0.0900. The van der Waals surface area contributed by atoms with Crippen LogP contribution in [-0.2, 0) is 0 Å². The Balaban J connectivity index is 1.47. The van der Waals surface area contributed by atoms with Gasteiger partial charge in [-0.3, -0.25) is 4.79 Å². The number of hydrogen-bond donors (Lipinski definition) is 1. The lowest BCUT2D eigenvalue weighted by Gasteiger charge is -2.32. The summed E-state index contributed by atoms with van der Waals surface area (Å²) < 4.78 is 13.1. The van der Waals surface area contributed by atoms with Gasteiger partial charge in [-0.1, -0.05) is 6.42 Å². The summed E-state index contributed by atoms with van der Waals surface area (Å²) in [6, 6.07) is 3.08. The molecule has 1 N–H and O–H groups in total. The van der Waals surface area contributed by atoms with Crippen LogP contribution in [0.5, 0.6) is 0 Å². The second-order valence-corrected chi connectivity index (χ2v) is 6.60. The van der Waals surface area contributed by atoms with Crippen molar-refractivity contribution in [2.45, 2.75) is 38.1 Å². The summed E-state index contributed by atoms with van der Waals surface area (Å²) in [5.41, 5.74) is 0.378. The Bertz CT molecular complexity index is 547. The van der Waals surface area contributed by atoms with Crippen LogP contribution >= 0.6 is 0 Å². The summed E-state index contributed by atoms with van der Waals surface area (Å²) in [5.74, 6) is 2.47. The maximum absolute atomic E-state index is 13.1. The summed E-state index contributed by atoms with van der Waals surface area (Å²) in [6.07, 6.45) is 7.83.